The molecular weight excluding hydrogens is 320 g/mol. The quantitative estimate of drug-likeness (QED) is 0.842. The Labute approximate surface area is 118 Å². The maximum absolute atomic E-state index is 13.0. The second kappa shape index (κ2) is 6.23. The number of benzene rings is 1. The predicted octanol–water partition coefficient (Wildman–Crippen LogP) is 3.00. The molecule has 1 unspecified atom stereocenters. The van der Waals surface area contributed by atoms with Gasteiger partial charge in [-0.3, -0.25) is 9.59 Å². The molecule has 104 valence electrons. The molecule has 3 nitrogen and oxygen atoms in total. The topological polar surface area (TPSA) is 46.2 Å². The summed E-state index contributed by atoms with van der Waals surface area (Å²) in [5, 5.41) is 2.34. The highest BCUT2D eigenvalue weighted by molar-refractivity contribution is 9.10. The number of amides is 1. The first-order chi connectivity index (χ1) is 8.73. The Balaban J connectivity index is 2.87. The van der Waals surface area contributed by atoms with Crippen LogP contribution in [0.3, 0.4) is 0 Å². The summed E-state index contributed by atoms with van der Waals surface area (Å²) < 4.78 is 26.0. The minimum Gasteiger partial charge on any atom is -0.342 e. The molecule has 1 rings (SSSR count). The Hall–Kier alpha value is -1.30. The summed E-state index contributed by atoms with van der Waals surface area (Å²) in [5.41, 5.74) is 0.318. The van der Waals surface area contributed by atoms with E-state index in [1.807, 2.05) is 15.9 Å². The van der Waals surface area contributed by atoms with Crippen molar-refractivity contribution in [3.05, 3.63) is 35.9 Å². The highest BCUT2D eigenvalue weighted by atomic mass is 79.9. The summed E-state index contributed by atoms with van der Waals surface area (Å²) in [5.74, 6) is -2.35. The number of Topliss-reactive ketones (excluding diaryl/α,β-unsaturated/α-hetero) is 1. The monoisotopic (exact) mass is 333 g/mol. The van der Waals surface area contributed by atoms with Crippen molar-refractivity contribution in [3.8, 4) is 0 Å². The van der Waals surface area contributed by atoms with E-state index < -0.39 is 28.5 Å². The van der Waals surface area contributed by atoms with E-state index in [2.05, 4.69) is 5.32 Å². The van der Waals surface area contributed by atoms with E-state index in [4.69, 9.17) is 0 Å². The molecule has 1 aromatic carbocycles. The summed E-state index contributed by atoms with van der Waals surface area (Å²) in [6.45, 7) is 3.18. The van der Waals surface area contributed by atoms with Crippen molar-refractivity contribution < 1.29 is 18.4 Å². The predicted molar refractivity (Wildman–Crippen MR) is 71.4 cm³/mol. The molecule has 1 atom stereocenters. The summed E-state index contributed by atoms with van der Waals surface area (Å²) in [6.07, 6.45) is 0. The number of ketones is 1. The first-order valence-electron chi connectivity index (χ1n) is 5.70. The number of nitrogens with one attached hydrogen (secondary N) is 1. The van der Waals surface area contributed by atoms with E-state index in [0.29, 0.717) is 5.56 Å². The number of hydrogen-bond donors (Lipinski definition) is 1. The van der Waals surface area contributed by atoms with Gasteiger partial charge in [-0.25, -0.2) is 0 Å². The van der Waals surface area contributed by atoms with Crippen LogP contribution in [-0.4, -0.2) is 22.6 Å². The minimum absolute atomic E-state index is 0.318. The standard InChI is InChI=1S/C13H14BrF2NO2/c1-8(2)10(11(18)13(14,15)16)17-12(19)9-6-4-3-5-7-9/h3-8,10H,1-2H3,(H,17,19). The Bertz CT molecular complexity index is 457. The molecule has 0 bridgehead atoms. The number of alkyl halides is 3. The second-order valence-corrected chi connectivity index (χ2v) is 5.42. The van der Waals surface area contributed by atoms with Gasteiger partial charge in [-0.05, 0) is 34.0 Å². The molecule has 6 heteroatoms. The Morgan fingerprint density at radius 1 is 1.21 bits per heavy atom. The van der Waals surface area contributed by atoms with Gasteiger partial charge in [-0.2, -0.15) is 8.78 Å². The van der Waals surface area contributed by atoms with E-state index in [-0.39, 0.29) is 0 Å². The molecule has 1 amide bonds. The molecule has 0 aliphatic carbocycles. The van der Waals surface area contributed by atoms with E-state index in [1.165, 1.54) is 0 Å². The third-order valence-electron chi connectivity index (χ3n) is 2.55. The van der Waals surface area contributed by atoms with Crippen LogP contribution in [-0.2, 0) is 4.79 Å². The molecule has 0 spiro atoms. The Morgan fingerprint density at radius 2 is 1.74 bits per heavy atom. The van der Waals surface area contributed by atoms with Crippen LogP contribution < -0.4 is 5.32 Å². The molecule has 0 aromatic heterocycles. The molecule has 0 heterocycles. The second-order valence-electron chi connectivity index (χ2n) is 4.42. The van der Waals surface area contributed by atoms with Crippen LogP contribution in [0.4, 0.5) is 8.78 Å². The van der Waals surface area contributed by atoms with Gasteiger partial charge >= 0.3 is 4.83 Å². The molecule has 0 radical (unpaired) electrons. The van der Waals surface area contributed by atoms with Gasteiger partial charge in [0, 0.05) is 5.56 Å². The van der Waals surface area contributed by atoms with Crippen molar-refractivity contribution >= 4 is 27.6 Å². The van der Waals surface area contributed by atoms with Crippen molar-refractivity contribution in [1.82, 2.24) is 5.32 Å². The zero-order valence-corrected chi connectivity index (χ0v) is 12.1. The van der Waals surface area contributed by atoms with Gasteiger partial charge in [0.15, 0.2) is 0 Å². The van der Waals surface area contributed by atoms with Gasteiger partial charge in [0.25, 0.3) is 5.91 Å². The van der Waals surface area contributed by atoms with Crippen LogP contribution in [0.5, 0.6) is 0 Å². The zero-order valence-electron chi connectivity index (χ0n) is 10.5. The fourth-order valence-corrected chi connectivity index (χ4v) is 1.77. The van der Waals surface area contributed by atoms with Gasteiger partial charge in [0.2, 0.25) is 5.78 Å². The van der Waals surface area contributed by atoms with Gasteiger partial charge in [-0.1, -0.05) is 32.0 Å². The smallest absolute Gasteiger partial charge is 0.342 e. The minimum atomic E-state index is -3.65. The van der Waals surface area contributed by atoms with Crippen LogP contribution in [0.15, 0.2) is 30.3 Å². The van der Waals surface area contributed by atoms with Crippen LogP contribution in [0.2, 0.25) is 0 Å². The normalized spacial score (nSPS) is 13.2. The van der Waals surface area contributed by atoms with Crippen LogP contribution >= 0.6 is 15.9 Å². The summed E-state index contributed by atoms with van der Waals surface area (Å²) in [6, 6.07) is 6.88. The Kier molecular flexibility index (Phi) is 5.17. The molecule has 0 saturated carbocycles. The van der Waals surface area contributed by atoms with Gasteiger partial charge in [-0.15, -0.1) is 0 Å². The lowest BCUT2D eigenvalue weighted by molar-refractivity contribution is -0.134. The first-order valence-corrected chi connectivity index (χ1v) is 6.49. The summed E-state index contributed by atoms with van der Waals surface area (Å²) >= 11 is 2.02. The van der Waals surface area contributed by atoms with Crippen molar-refractivity contribution in [2.24, 2.45) is 5.92 Å². The van der Waals surface area contributed by atoms with Gasteiger partial charge < -0.3 is 5.32 Å². The molecule has 0 saturated heterocycles. The highest BCUT2D eigenvalue weighted by Gasteiger charge is 2.42. The van der Waals surface area contributed by atoms with Crippen LogP contribution in [0.25, 0.3) is 0 Å². The fourth-order valence-electron chi connectivity index (χ4n) is 1.53. The van der Waals surface area contributed by atoms with Gasteiger partial charge in [0.1, 0.15) is 0 Å². The van der Waals surface area contributed by atoms with E-state index in [9.17, 15) is 18.4 Å². The third-order valence-corrected chi connectivity index (χ3v) is 2.94. The van der Waals surface area contributed by atoms with Crippen molar-refractivity contribution in [2.45, 2.75) is 24.7 Å². The molecule has 0 aliphatic rings. The average Bonchev–Trinajstić information content (AvgIpc) is 2.34. The SMILES string of the molecule is CC(C)C(NC(=O)c1ccccc1)C(=O)C(F)(F)Br. The van der Waals surface area contributed by atoms with Crippen molar-refractivity contribution in [3.63, 3.8) is 0 Å². The molecule has 0 fully saturated rings. The van der Waals surface area contributed by atoms with E-state index in [1.54, 1.807) is 44.2 Å². The number of carbonyl (C=O) groups is 2. The lowest BCUT2D eigenvalue weighted by Crippen LogP contribution is -2.49. The maximum Gasteiger partial charge on any atom is 0.360 e. The van der Waals surface area contributed by atoms with Crippen molar-refractivity contribution in [2.75, 3.05) is 0 Å². The lowest BCUT2D eigenvalue weighted by Gasteiger charge is -2.23. The molecule has 19 heavy (non-hydrogen) atoms. The molecule has 1 aromatic rings. The molecular formula is C13H14BrF2NO2. The molecule has 0 aliphatic heterocycles. The summed E-state index contributed by atoms with van der Waals surface area (Å²) in [4.78, 5) is 19.8. The van der Waals surface area contributed by atoms with Crippen LogP contribution in [0, 0.1) is 5.92 Å². The maximum atomic E-state index is 13.0. The number of hydrogen-bond acceptors (Lipinski definition) is 2. The Morgan fingerprint density at radius 3 is 2.16 bits per heavy atom. The fraction of sp³-hybridized carbons (Fsp3) is 0.385. The highest BCUT2D eigenvalue weighted by Crippen LogP contribution is 2.26. The summed E-state index contributed by atoms with van der Waals surface area (Å²) in [7, 11) is 0. The zero-order chi connectivity index (χ0) is 14.6. The number of rotatable bonds is 5. The number of carbonyl (C=O) groups excluding carboxylic acids is 2. The molecule has 1 N–H and O–H groups in total. The van der Waals surface area contributed by atoms with E-state index >= 15 is 0 Å². The average molecular weight is 334 g/mol. The van der Waals surface area contributed by atoms with E-state index in [0.717, 1.165) is 0 Å². The van der Waals surface area contributed by atoms with Crippen molar-refractivity contribution in [1.29, 1.82) is 0 Å². The third kappa shape index (κ3) is 4.38. The lowest BCUT2D eigenvalue weighted by atomic mass is 9.99. The first kappa shape index (κ1) is 15.8. The van der Waals surface area contributed by atoms with Gasteiger partial charge in [0.05, 0.1) is 6.04 Å². The van der Waals surface area contributed by atoms with Crippen LogP contribution in [0.1, 0.15) is 24.2 Å². The largest absolute Gasteiger partial charge is 0.360 e. The number of halogens is 3.